The minimum Gasteiger partial charge on any atom is -0.306 e. The Morgan fingerprint density at radius 2 is 2.22 bits per heavy atom. The van der Waals surface area contributed by atoms with E-state index in [1.807, 2.05) is 18.1 Å². The molecule has 1 saturated carbocycles. The average Bonchev–Trinajstić information content (AvgIpc) is 3.12. The molecule has 1 aliphatic carbocycles. The maximum absolute atomic E-state index is 4.24. The van der Waals surface area contributed by atoms with E-state index in [1.54, 1.807) is 0 Å². The molecule has 2 aliphatic rings. The quantitative estimate of drug-likeness (QED) is 0.767. The van der Waals surface area contributed by atoms with Gasteiger partial charge in [-0.05, 0) is 45.7 Å². The first-order valence-corrected chi connectivity index (χ1v) is 8.05. The Labute approximate surface area is 113 Å². The number of rotatable bonds is 5. The minimum absolute atomic E-state index is 0.694. The van der Waals surface area contributed by atoms with Crippen LogP contribution in [0.3, 0.4) is 0 Å². The Bertz CT molecular complexity index is 388. The lowest BCUT2D eigenvalue weighted by Crippen LogP contribution is -2.36. The van der Waals surface area contributed by atoms with E-state index >= 15 is 0 Å². The summed E-state index contributed by atoms with van der Waals surface area (Å²) in [5.41, 5.74) is 0. The van der Waals surface area contributed by atoms with E-state index in [1.165, 1.54) is 50.8 Å². The highest BCUT2D eigenvalue weighted by Crippen LogP contribution is 2.37. The van der Waals surface area contributed by atoms with Gasteiger partial charge in [-0.15, -0.1) is 10.2 Å². The van der Waals surface area contributed by atoms with Crippen LogP contribution in [-0.4, -0.2) is 45.1 Å². The van der Waals surface area contributed by atoms with Gasteiger partial charge >= 0.3 is 0 Å². The first-order valence-electron chi connectivity index (χ1n) is 7.07. The van der Waals surface area contributed by atoms with Gasteiger partial charge in [-0.1, -0.05) is 18.2 Å². The van der Waals surface area contributed by atoms with Crippen LogP contribution < -0.4 is 0 Å². The van der Waals surface area contributed by atoms with Crippen molar-refractivity contribution in [3.63, 3.8) is 0 Å². The lowest BCUT2D eigenvalue weighted by atomic mass is 10.0. The predicted octanol–water partition coefficient (Wildman–Crippen LogP) is 2.58. The average molecular weight is 266 g/mol. The molecule has 100 valence electrons. The van der Waals surface area contributed by atoms with Crippen molar-refractivity contribution in [2.75, 3.05) is 19.3 Å². The van der Waals surface area contributed by atoms with Crippen LogP contribution in [0.25, 0.3) is 0 Å². The maximum atomic E-state index is 4.24. The third kappa shape index (κ3) is 2.88. The molecule has 0 N–H and O–H groups in total. The molecule has 1 aromatic heterocycles. The topological polar surface area (TPSA) is 34.0 Å². The highest BCUT2D eigenvalue weighted by Gasteiger charge is 2.26. The summed E-state index contributed by atoms with van der Waals surface area (Å²) in [6.07, 6.45) is 9.92. The molecule has 1 aromatic rings. The molecule has 4 nitrogen and oxygen atoms in total. The van der Waals surface area contributed by atoms with Gasteiger partial charge in [0.1, 0.15) is 6.33 Å². The summed E-state index contributed by atoms with van der Waals surface area (Å²) < 4.78 is 2.26. The second kappa shape index (κ2) is 5.61. The predicted molar refractivity (Wildman–Crippen MR) is 73.9 cm³/mol. The molecule has 3 rings (SSSR count). The van der Waals surface area contributed by atoms with Crippen LogP contribution in [-0.2, 0) is 0 Å². The zero-order chi connectivity index (χ0) is 12.4. The van der Waals surface area contributed by atoms with Crippen molar-refractivity contribution >= 4 is 11.8 Å². The van der Waals surface area contributed by atoms with E-state index in [2.05, 4.69) is 26.7 Å². The highest BCUT2D eigenvalue weighted by molar-refractivity contribution is 7.99. The lowest BCUT2D eigenvalue weighted by Gasteiger charge is -2.32. The monoisotopic (exact) mass is 266 g/mol. The Morgan fingerprint density at radius 3 is 3.00 bits per heavy atom. The van der Waals surface area contributed by atoms with Gasteiger partial charge in [-0.2, -0.15) is 0 Å². The molecule has 2 heterocycles. The molecule has 0 amide bonds. The maximum Gasteiger partial charge on any atom is 0.191 e. The number of thioether (sulfide) groups is 1. The molecule has 1 atom stereocenters. The summed E-state index contributed by atoms with van der Waals surface area (Å²) in [5.74, 6) is 1.17. The van der Waals surface area contributed by atoms with Crippen molar-refractivity contribution in [3.8, 4) is 0 Å². The SMILES string of the molecule is CN1CCCCC1CCSc1nncn1C1CC1. The number of aromatic nitrogens is 3. The molecular weight excluding hydrogens is 244 g/mol. The largest absolute Gasteiger partial charge is 0.306 e. The van der Waals surface area contributed by atoms with Gasteiger partial charge in [0.15, 0.2) is 5.16 Å². The van der Waals surface area contributed by atoms with Crippen molar-refractivity contribution in [3.05, 3.63) is 6.33 Å². The second-order valence-corrected chi connectivity index (χ2v) is 6.58. The Balaban J connectivity index is 1.47. The molecule has 2 fully saturated rings. The summed E-state index contributed by atoms with van der Waals surface area (Å²) in [6, 6.07) is 1.48. The molecule has 0 spiro atoms. The van der Waals surface area contributed by atoms with Gasteiger partial charge < -0.3 is 9.47 Å². The first kappa shape index (κ1) is 12.5. The molecule has 5 heteroatoms. The Kier molecular flexibility index (Phi) is 3.89. The van der Waals surface area contributed by atoms with E-state index < -0.39 is 0 Å². The van der Waals surface area contributed by atoms with E-state index in [0.717, 1.165) is 11.2 Å². The van der Waals surface area contributed by atoms with E-state index in [0.29, 0.717) is 6.04 Å². The smallest absolute Gasteiger partial charge is 0.191 e. The molecule has 0 bridgehead atoms. The lowest BCUT2D eigenvalue weighted by molar-refractivity contribution is 0.182. The van der Waals surface area contributed by atoms with Gasteiger partial charge in [0.05, 0.1) is 0 Å². The molecule has 0 radical (unpaired) electrons. The van der Waals surface area contributed by atoms with Gasteiger partial charge in [0.2, 0.25) is 0 Å². The van der Waals surface area contributed by atoms with Crippen molar-refractivity contribution < 1.29 is 0 Å². The number of hydrogen-bond acceptors (Lipinski definition) is 4. The molecule has 1 saturated heterocycles. The van der Waals surface area contributed by atoms with Gasteiger partial charge in [0, 0.05) is 17.8 Å². The summed E-state index contributed by atoms with van der Waals surface area (Å²) in [7, 11) is 2.27. The standard InChI is InChI=1S/C13H22N4S/c1-16-8-3-2-4-11(16)7-9-18-13-15-14-10-17(13)12-5-6-12/h10-12H,2-9H2,1H3. The van der Waals surface area contributed by atoms with Crippen molar-refractivity contribution in [2.24, 2.45) is 0 Å². The van der Waals surface area contributed by atoms with Crippen LogP contribution >= 0.6 is 11.8 Å². The second-order valence-electron chi connectivity index (χ2n) is 5.52. The molecule has 18 heavy (non-hydrogen) atoms. The van der Waals surface area contributed by atoms with E-state index in [-0.39, 0.29) is 0 Å². The van der Waals surface area contributed by atoms with E-state index in [4.69, 9.17) is 0 Å². The highest BCUT2D eigenvalue weighted by atomic mass is 32.2. The van der Waals surface area contributed by atoms with Crippen molar-refractivity contribution in [1.29, 1.82) is 0 Å². The normalized spacial score (nSPS) is 25.5. The number of nitrogens with zero attached hydrogens (tertiary/aromatic N) is 4. The molecule has 1 unspecified atom stereocenters. The van der Waals surface area contributed by atoms with Crippen LogP contribution in [0.15, 0.2) is 11.5 Å². The van der Waals surface area contributed by atoms with Crippen LogP contribution in [0.1, 0.15) is 44.6 Å². The summed E-state index contributed by atoms with van der Waals surface area (Å²) in [5, 5.41) is 9.41. The fourth-order valence-electron chi connectivity index (χ4n) is 2.73. The van der Waals surface area contributed by atoms with Crippen LogP contribution in [0.4, 0.5) is 0 Å². The van der Waals surface area contributed by atoms with Crippen molar-refractivity contribution in [2.45, 2.75) is 55.8 Å². The third-order valence-electron chi connectivity index (χ3n) is 4.08. The molecule has 0 aromatic carbocycles. The number of likely N-dealkylation sites (tertiary alicyclic amines) is 1. The Hall–Kier alpha value is -0.550. The number of piperidine rings is 1. The summed E-state index contributed by atoms with van der Waals surface area (Å²) in [6.45, 7) is 1.27. The van der Waals surface area contributed by atoms with Gasteiger partial charge in [0.25, 0.3) is 0 Å². The fraction of sp³-hybridized carbons (Fsp3) is 0.846. The summed E-state index contributed by atoms with van der Waals surface area (Å²) in [4.78, 5) is 2.52. The molecular formula is C13H22N4S. The zero-order valence-corrected chi connectivity index (χ0v) is 11.9. The molecule has 1 aliphatic heterocycles. The zero-order valence-electron chi connectivity index (χ0n) is 11.1. The van der Waals surface area contributed by atoms with Crippen molar-refractivity contribution in [1.82, 2.24) is 19.7 Å². The minimum atomic E-state index is 0.694. The first-order chi connectivity index (χ1) is 8.84. The van der Waals surface area contributed by atoms with E-state index in [9.17, 15) is 0 Å². The number of hydrogen-bond donors (Lipinski definition) is 0. The Morgan fingerprint density at radius 1 is 1.33 bits per heavy atom. The fourth-order valence-corrected chi connectivity index (χ4v) is 3.76. The van der Waals surface area contributed by atoms with Crippen LogP contribution in [0.2, 0.25) is 0 Å². The van der Waals surface area contributed by atoms with Crippen LogP contribution in [0.5, 0.6) is 0 Å². The van der Waals surface area contributed by atoms with Gasteiger partial charge in [-0.25, -0.2) is 0 Å². The third-order valence-corrected chi connectivity index (χ3v) is 5.07. The summed E-state index contributed by atoms with van der Waals surface area (Å²) >= 11 is 1.88. The van der Waals surface area contributed by atoms with Gasteiger partial charge in [-0.3, -0.25) is 0 Å². The van der Waals surface area contributed by atoms with Crippen LogP contribution in [0, 0.1) is 0 Å².